The average Bonchev–Trinajstić information content (AvgIpc) is 2.83. The number of halogens is 1. The first-order chi connectivity index (χ1) is 9.19. The lowest BCUT2D eigenvalue weighted by atomic mass is 10.2. The first kappa shape index (κ1) is 13.2. The van der Waals surface area contributed by atoms with Crippen molar-refractivity contribution in [2.75, 3.05) is 11.9 Å². The van der Waals surface area contributed by atoms with Crippen LogP contribution in [0.5, 0.6) is 0 Å². The maximum absolute atomic E-state index is 11.9. The molecule has 1 amide bonds. The van der Waals surface area contributed by atoms with Crippen LogP contribution in [0.2, 0.25) is 5.02 Å². The number of aromatic nitrogens is 1. The Kier molecular flexibility index (Phi) is 4.24. The molecule has 0 aliphatic carbocycles. The topological polar surface area (TPSA) is 70.9 Å². The minimum atomic E-state index is -0.254. The Balaban J connectivity index is 2.13. The van der Waals surface area contributed by atoms with E-state index in [2.05, 4.69) is 22.1 Å². The van der Waals surface area contributed by atoms with Gasteiger partial charge in [0.15, 0.2) is 0 Å². The molecular formula is C14H12ClN3O. The summed E-state index contributed by atoms with van der Waals surface area (Å²) in [7, 11) is 0. The van der Waals surface area contributed by atoms with Crippen LogP contribution in [0.4, 0.5) is 5.69 Å². The van der Waals surface area contributed by atoms with E-state index in [1.807, 2.05) is 12.1 Å². The molecule has 4 nitrogen and oxygen atoms in total. The molecule has 0 atom stereocenters. The maximum Gasteiger partial charge on any atom is 0.272 e. The van der Waals surface area contributed by atoms with Crippen LogP contribution in [0.25, 0.3) is 0 Å². The summed E-state index contributed by atoms with van der Waals surface area (Å²) in [6.07, 6.45) is 1.56. The number of amides is 1. The highest BCUT2D eigenvalue weighted by molar-refractivity contribution is 6.31. The molecule has 4 N–H and O–H groups in total. The largest absolute Gasteiger partial charge is 0.356 e. The second-order valence-electron chi connectivity index (χ2n) is 3.77. The fourth-order valence-electron chi connectivity index (χ4n) is 1.53. The minimum Gasteiger partial charge on any atom is -0.356 e. The van der Waals surface area contributed by atoms with Crippen molar-refractivity contribution < 1.29 is 4.79 Å². The lowest BCUT2D eigenvalue weighted by molar-refractivity contribution is 0.102. The lowest BCUT2D eigenvalue weighted by Gasteiger charge is -2.03. The van der Waals surface area contributed by atoms with Crippen molar-refractivity contribution in [1.82, 2.24) is 4.98 Å². The fraction of sp³-hybridized carbons (Fsp3) is 0.0714. The summed E-state index contributed by atoms with van der Waals surface area (Å²) in [5.41, 5.74) is 7.18. The van der Waals surface area contributed by atoms with Crippen LogP contribution in [-0.2, 0) is 0 Å². The normalized spacial score (nSPS) is 9.58. The predicted octanol–water partition coefficient (Wildman–Crippen LogP) is 2.23. The number of benzene rings is 1. The maximum atomic E-state index is 11.9. The molecule has 0 radical (unpaired) electrons. The van der Waals surface area contributed by atoms with Gasteiger partial charge < -0.3 is 16.0 Å². The Hall–Kier alpha value is -2.22. The molecule has 96 valence electrons. The molecule has 0 saturated heterocycles. The first-order valence-electron chi connectivity index (χ1n) is 5.63. The molecule has 1 heterocycles. The number of carbonyl (C=O) groups excluding carboxylic acids is 1. The highest BCUT2D eigenvalue weighted by Crippen LogP contribution is 2.13. The van der Waals surface area contributed by atoms with E-state index in [0.717, 1.165) is 5.56 Å². The number of nitrogens with one attached hydrogen (secondary N) is 2. The molecule has 0 saturated carbocycles. The minimum absolute atomic E-state index is 0.254. The molecule has 0 bridgehead atoms. The van der Waals surface area contributed by atoms with Gasteiger partial charge in [-0.25, -0.2) is 0 Å². The molecule has 0 spiro atoms. The van der Waals surface area contributed by atoms with Crippen LogP contribution >= 0.6 is 11.6 Å². The summed E-state index contributed by atoms with van der Waals surface area (Å²) in [6.45, 7) is 0.303. The van der Waals surface area contributed by atoms with Crippen LogP contribution in [0.1, 0.15) is 16.1 Å². The Bertz CT molecular complexity index is 652. The Morgan fingerprint density at radius 3 is 2.95 bits per heavy atom. The summed E-state index contributed by atoms with van der Waals surface area (Å²) >= 11 is 5.75. The number of H-pyrrole nitrogens is 1. The van der Waals surface area contributed by atoms with Crippen molar-refractivity contribution >= 4 is 23.2 Å². The summed E-state index contributed by atoms with van der Waals surface area (Å²) in [5, 5.41) is 3.25. The summed E-state index contributed by atoms with van der Waals surface area (Å²) in [6, 6.07) is 8.80. The first-order valence-corrected chi connectivity index (χ1v) is 6.01. The summed E-state index contributed by atoms with van der Waals surface area (Å²) in [5.74, 6) is 5.41. The van der Waals surface area contributed by atoms with E-state index in [0.29, 0.717) is 22.9 Å². The smallest absolute Gasteiger partial charge is 0.272 e. The molecule has 0 aliphatic heterocycles. The van der Waals surface area contributed by atoms with E-state index in [1.54, 1.807) is 24.4 Å². The van der Waals surface area contributed by atoms with Gasteiger partial charge >= 0.3 is 0 Å². The van der Waals surface area contributed by atoms with E-state index in [4.69, 9.17) is 17.3 Å². The van der Waals surface area contributed by atoms with Crippen molar-refractivity contribution in [2.24, 2.45) is 5.73 Å². The van der Waals surface area contributed by atoms with Gasteiger partial charge in [-0.05, 0) is 24.3 Å². The van der Waals surface area contributed by atoms with Gasteiger partial charge in [0.25, 0.3) is 5.91 Å². The SMILES string of the molecule is NCC#Cc1cccc(NC(=O)c2cc(Cl)c[nH]2)c1. The molecular weight excluding hydrogens is 262 g/mol. The van der Waals surface area contributed by atoms with Gasteiger partial charge in [0.2, 0.25) is 0 Å². The van der Waals surface area contributed by atoms with Gasteiger partial charge in [0.05, 0.1) is 11.6 Å². The molecule has 2 rings (SSSR count). The summed E-state index contributed by atoms with van der Waals surface area (Å²) < 4.78 is 0. The van der Waals surface area contributed by atoms with Crippen molar-refractivity contribution in [3.8, 4) is 11.8 Å². The number of rotatable bonds is 2. The van der Waals surface area contributed by atoms with Crippen LogP contribution < -0.4 is 11.1 Å². The standard InChI is InChI=1S/C14H12ClN3O/c15-11-8-13(17-9-11)14(19)18-12-5-1-3-10(7-12)4-2-6-16/h1,3,5,7-9,17H,6,16H2,(H,18,19). The number of anilines is 1. The van der Waals surface area contributed by atoms with Gasteiger partial charge in [-0.15, -0.1) is 0 Å². The number of carbonyl (C=O) groups is 1. The molecule has 1 aromatic heterocycles. The van der Waals surface area contributed by atoms with Gasteiger partial charge in [-0.3, -0.25) is 4.79 Å². The van der Waals surface area contributed by atoms with Gasteiger partial charge in [-0.1, -0.05) is 29.5 Å². The number of hydrogen-bond acceptors (Lipinski definition) is 2. The zero-order valence-corrected chi connectivity index (χ0v) is 10.8. The highest BCUT2D eigenvalue weighted by Gasteiger charge is 2.08. The fourth-order valence-corrected chi connectivity index (χ4v) is 1.69. The second kappa shape index (κ2) is 6.10. The predicted molar refractivity (Wildman–Crippen MR) is 76.1 cm³/mol. The molecule has 1 aromatic carbocycles. The van der Waals surface area contributed by atoms with Crippen LogP contribution in [0.15, 0.2) is 36.5 Å². The van der Waals surface area contributed by atoms with Gasteiger partial charge in [0.1, 0.15) is 5.69 Å². The van der Waals surface area contributed by atoms with E-state index in [9.17, 15) is 4.79 Å². The van der Waals surface area contributed by atoms with Crippen molar-refractivity contribution in [1.29, 1.82) is 0 Å². The molecule has 19 heavy (non-hydrogen) atoms. The van der Waals surface area contributed by atoms with Crippen molar-refractivity contribution in [3.63, 3.8) is 0 Å². The molecule has 5 heteroatoms. The quantitative estimate of drug-likeness (QED) is 0.734. The highest BCUT2D eigenvalue weighted by atomic mass is 35.5. The molecule has 0 unspecified atom stereocenters. The monoisotopic (exact) mass is 273 g/mol. The van der Waals surface area contributed by atoms with Gasteiger partial charge in [-0.2, -0.15) is 0 Å². The van der Waals surface area contributed by atoms with E-state index in [-0.39, 0.29) is 5.91 Å². The number of nitrogens with two attached hydrogens (primary N) is 1. The Morgan fingerprint density at radius 1 is 1.42 bits per heavy atom. The lowest BCUT2D eigenvalue weighted by Crippen LogP contribution is -2.12. The third-order valence-electron chi connectivity index (χ3n) is 2.35. The Labute approximate surface area is 116 Å². The third kappa shape index (κ3) is 3.62. The van der Waals surface area contributed by atoms with Crippen LogP contribution in [0.3, 0.4) is 0 Å². The van der Waals surface area contributed by atoms with Crippen molar-refractivity contribution in [3.05, 3.63) is 52.8 Å². The molecule has 0 fully saturated rings. The second-order valence-corrected chi connectivity index (χ2v) is 4.21. The van der Waals surface area contributed by atoms with E-state index < -0.39 is 0 Å². The van der Waals surface area contributed by atoms with Crippen molar-refractivity contribution in [2.45, 2.75) is 0 Å². The van der Waals surface area contributed by atoms with Crippen LogP contribution in [0, 0.1) is 11.8 Å². The molecule has 2 aromatic rings. The Morgan fingerprint density at radius 2 is 2.26 bits per heavy atom. The zero-order chi connectivity index (χ0) is 13.7. The van der Waals surface area contributed by atoms with E-state index >= 15 is 0 Å². The summed E-state index contributed by atoms with van der Waals surface area (Å²) in [4.78, 5) is 14.7. The third-order valence-corrected chi connectivity index (χ3v) is 2.57. The number of aromatic amines is 1. The average molecular weight is 274 g/mol. The van der Waals surface area contributed by atoms with Crippen LogP contribution in [-0.4, -0.2) is 17.4 Å². The van der Waals surface area contributed by atoms with Gasteiger partial charge in [0, 0.05) is 17.4 Å². The number of hydrogen-bond donors (Lipinski definition) is 3. The zero-order valence-electron chi connectivity index (χ0n) is 10.0. The van der Waals surface area contributed by atoms with E-state index in [1.165, 1.54) is 0 Å². The molecule has 0 aliphatic rings.